The summed E-state index contributed by atoms with van der Waals surface area (Å²) in [5.74, 6) is 0.986. The van der Waals surface area contributed by atoms with Crippen LogP contribution in [0.25, 0.3) is 11.0 Å². The Kier molecular flexibility index (Phi) is 4.37. The van der Waals surface area contributed by atoms with Gasteiger partial charge in [-0.25, -0.2) is 4.79 Å². The molecule has 5 nitrogen and oxygen atoms in total. The van der Waals surface area contributed by atoms with Crippen molar-refractivity contribution in [1.29, 1.82) is 0 Å². The number of fused-ring (bicyclic) bond motifs is 1. The molecular weight excluding hydrogens is 294 g/mol. The standard InChI is InChI=1S/C18H21NO4/c1-3-4-13-8-17(21)23-15-6-11(2)5-14(18(13)15)22-10-12-7-16(20)19-9-12/h5-6,8,12H,3-4,7,9-10H2,1-2H3,(H,19,20). The molecule has 1 fully saturated rings. The second kappa shape index (κ2) is 6.44. The van der Waals surface area contributed by atoms with Crippen LogP contribution >= 0.6 is 0 Å². The van der Waals surface area contributed by atoms with Gasteiger partial charge in [0.2, 0.25) is 5.91 Å². The number of ether oxygens (including phenoxy) is 1. The van der Waals surface area contributed by atoms with Gasteiger partial charge in [-0.15, -0.1) is 0 Å². The predicted molar refractivity (Wildman–Crippen MR) is 87.8 cm³/mol. The van der Waals surface area contributed by atoms with E-state index in [-0.39, 0.29) is 17.5 Å². The van der Waals surface area contributed by atoms with Gasteiger partial charge in [-0.1, -0.05) is 13.3 Å². The highest BCUT2D eigenvalue weighted by molar-refractivity contribution is 5.87. The van der Waals surface area contributed by atoms with Crippen LogP contribution in [0.5, 0.6) is 5.75 Å². The minimum Gasteiger partial charge on any atom is -0.492 e. The highest BCUT2D eigenvalue weighted by atomic mass is 16.5. The lowest BCUT2D eigenvalue weighted by Gasteiger charge is -2.15. The smallest absolute Gasteiger partial charge is 0.336 e. The van der Waals surface area contributed by atoms with Crippen molar-refractivity contribution in [3.05, 3.63) is 39.7 Å². The molecule has 2 heterocycles. The topological polar surface area (TPSA) is 68.5 Å². The number of hydrogen-bond donors (Lipinski definition) is 1. The lowest BCUT2D eigenvalue weighted by molar-refractivity contribution is -0.119. The molecule has 1 saturated heterocycles. The Hall–Kier alpha value is -2.30. The second-order valence-electron chi connectivity index (χ2n) is 6.16. The summed E-state index contributed by atoms with van der Waals surface area (Å²) in [7, 11) is 0. The van der Waals surface area contributed by atoms with Gasteiger partial charge in [-0.2, -0.15) is 0 Å². The summed E-state index contributed by atoms with van der Waals surface area (Å²) in [4.78, 5) is 23.0. The molecule has 1 N–H and O–H groups in total. The van der Waals surface area contributed by atoms with E-state index < -0.39 is 0 Å². The van der Waals surface area contributed by atoms with Gasteiger partial charge in [0.25, 0.3) is 0 Å². The predicted octanol–water partition coefficient (Wildman–Crippen LogP) is 2.57. The summed E-state index contributed by atoms with van der Waals surface area (Å²) in [5.41, 5.74) is 2.17. The van der Waals surface area contributed by atoms with Gasteiger partial charge in [-0.05, 0) is 36.6 Å². The summed E-state index contributed by atoms with van der Waals surface area (Å²) >= 11 is 0. The van der Waals surface area contributed by atoms with Crippen molar-refractivity contribution < 1.29 is 13.9 Å². The maximum Gasteiger partial charge on any atom is 0.336 e. The fourth-order valence-corrected chi connectivity index (χ4v) is 3.04. The van der Waals surface area contributed by atoms with Crippen molar-refractivity contribution in [2.45, 2.75) is 33.1 Å². The van der Waals surface area contributed by atoms with E-state index in [2.05, 4.69) is 12.2 Å². The molecule has 0 bridgehead atoms. The molecule has 122 valence electrons. The van der Waals surface area contributed by atoms with Crippen LogP contribution in [-0.2, 0) is 11.2 Å². The summed E-state index contributed by atoms with van der Waals surface area (Å²) < 4.78 is 11.4. The van der Waals surface area contributed by atoms with Crippen LogP contribution in [-0.4, -0.2) is 19.1 Å². The van der Waals surface area contributed by atoms with Crippen molar-refractivity contribution in [1.82, 2.24) is 5.32 Å². The third-order valence-electron chi connectivity index (χ3n) is 4.09. The molecule has 23 heavy (non-hydrogen) atoms. The zero-order chi connectivity index (χ0) is 16.4. The Morgan fingerprint density at radius 3 is 2.83 bits per heavy atom. The van der Waals surface area contributed by atoms with E-state index >= 15 is 0 Å². The van der Waals surface area contributed by atoms with E-state index in [9.17, 15) is 9.59 Å². The Morgan fingerprint density at radius 2 is 2.13 bits per heavy atom. The first-order chi connectivity index (χ1) is 11.1. The fourth-order valence-electron chi connectivity index (χ4n) is 3.04. The van der Waals surface area contributed by atoms with E-state index in [1.807, 2.05) is 19.1 Å². The molecule has 2 aromatic rings. The van der Waals surface area contributed by atoms with E-state index in [1.165, 1.54) is 0 Å². The van der Waals surface area contributed by atoms with Crippen LogP contribution in [0.15, 0.2) is 27.4 Å². The lowest BCUT2D eigenvalue weighted by Crippen LogP contribution is -2.17. The third kappa shape index (κ3) is 3.38. The zero-order valence-corrected chi connectivity index (χ0v) is 13.5. The Bertz CT molecular complexity index is 793. The average Bonchev–Trinajstić information content (AvgIpc) is 2.90. The van der Waals surface area contributed by atoms with Gasteiger partial charge in [0.15, 0.2) is 0 Å². The molecule has 1 amide bonds. The number of rotatable bonds is 5. The molecule has 0 aliphatic carbocycles. The summed E-state index contributed by atoms with van der Waals surface area (Å²) in [6, 6.07) is 5.38. The van der Waals surface area contributed by atoms with Crippen molar-refractivity contribution >= 4 is 16.9 Å². The largest absolute Gasteiger partial charge is 0.492 e. The van der Waals surface area contributed by atoms with Crippen LogP contribution in [0, 0.1) is 12.8 Å². The molecular formula is C18H21NO4. The van der Waals surface area contributed by atoms with Crippen molar-refractivity contribution in [2.75, 3.05) is 13.2 Å². The normalized spacial score (nSPS) is 17.5. The van der Waals surface area contributed by atoms with E-state index in [4.69, 9.17) is 9.15 Å². The number of amides is 1. The molecule has 0 spiro atoms. The maximum atomic E-state index is 11.8. The number of benzene rings is 1. The Balaban J connectivity index is 1.97. The molecule has 1 atom stereocenters. The first-order valence-electron chi connectivity index (χ1n) is 8.03. The van der Waals surface area contributed by atoms with Gasteiger partial charge >= 0.3 is 5.63 Å². The Labute approximate surface area is 134 Å². The van der Waals surface area contributed by atoms with Gasteiger partial charge in [0.05, 0.1) is 12.0 Å². The first kappa shape index (κ1) is 15.6. The number of hydrogen-bond acceptors (Lipinski definition) is 4. The molecule has 1 aromatic carbocycles. The molecule has 1 aliphatic rings. The van der Waals surface area contributed by atoms with Crippen molar-refractivity contribution in [3.8, 4) is 5.75 Å². The van der Waals surface area contributed by atoms with Gasteiger partial charge in [0, 0.05) is 24.9 Å². The highest BCUT2D eigenvalue weighted by Crippen LogP contribution is 2.31. The molecule has 1 aromatic heterocycles. The van der Waals surface area contributed by atoms with E-state index in [1.54, 1.807) is 6.07 Å². The zero-order valence-electron chi connectivity index (χ0n) is 13.5. The molecule has 5 heteroatoms. The minimum absolute atomic E-state index is 0.0744. The molecule has 0 saturated carbocycles. The monoisotopic (exact) mass is 315 g/mol. The third-order valence-corrected chi connectivity index (χ3v) is 4.09. The fraction of sp³-hybridized carbons (Fsp3) is 0.444. The summed E-state index contributed by atoms with van der Waals surface area (Å²) in [6.07, 6.45) is 2.23. The Morgan fingerprint density at radius 1 is 1.30 bits per heavy atom. The maximum absolute atomic E-state index is 11.8. The lowest BCUT2D eigenvalue weighted by atomic mass is 10.0. The summed E-state index contributed by atoms with van der Waals surface area (Å²) in [6.45, 7) is 5.14. The van der Waals surface area contributed by atoms with Crippen molar-refractivity contribution in [2.24, 2.45) is 5.92 Å². The second-order valence-corrected chi connectivity index (χ2v) is 6.16. The molecule has 1 aliphatic heterocycles. The van der Waals surface area contributed by atoms with Crippen LogP contribution in [0.3, 0.4) is 0 Å². The van der Waals surface area contributed by atoms with Crippen molar-refractivity contribution in [3.63, 3.8) is 0 Å². The van der Waals surface area contributed by atoms with Gasteiger partial charge in [-0.3, -0.25) is 4.79 Å². The number of carbonyl (C=O) groups is 1. The molecule has 1 unspecified atom stereocenters. The van der Waals surface area contributed by atoms with E-state index in [0.29, 0.717) is 25.2 Å². The quantitative estimate of drug-likeness (QED) is 0.861. The number of carbonyl (C=O) groups excluding carboxylic acids is 1. The van der Waals surface area contributed by atoms with Gasteiger partial charge in [0.1, 0.15) is 11.3 Å². The highest BCUT2D eigenvalue weighted by Gasteiger charge is 2.22. The van der Waals surface area contributed by atoms with Crippen LogP contribution in [0.1, 0.15) is 30.9 Å². The number of aryl methyl sites for hydroxylation is 2. The van der Waals surface area contributed by atoms with Crippen LogP contribution in [0.2, 0.25) is 0 Å². The van der Waals surface area contributed by atoms with Crippen LogP contribution in [0.4, 0.5) is 0 Å². The number of nitrogens with one attached hydrogen (secondary N) is 1. The molecule has 0 radical (unpaired) electrons. The van der Waals surface area contributed by atoms with E-state index in [0.717, 1.165) is 35.1 Å². The minimum atomic E-state index is -0.330. The average molecular weight is 315 g/mol. The first-order valence-corrected chi connectivity index (χ1v) is 8.03. The van der Waals surface area contributed by atoms with Gasteiger partial charge < -0.3 is 14.5 Å². The van der Waals surface area contributed by atoms with Crippen LogP contribution < -0.4 is 15.7 Å². The summed E-state index contributed by atoms with van der Waals surface area (Å²) in [5, 5.41) is 3.68. The molecule has 3 rings (SSSR count). The SMILES string of the molecule is CCCc1cc(=O)oc2cc(C)cc(OCC3CNC(=O)C3)c12.